The first-order chi connectivity index (χ1) is 11.4. The fourth-order valence-electron chi connectivity index (χ4n) is 2.63. The number of nitrogens with one attached hydrogen (secondary N) is 1. The summed E-state index contributed by atoms with van der Waals surface area (Å²) in [5.74, 6) is 3.93. The zero-order chi connectivity index (χ0) is 17.4. The number of anilines is 1. The number of alkyl halides is 3. The molecule has 24 heavy (non-hydrogen) atoms. The van der Waals surface area contributed by atoms with Crippen molar-refractivity contribution >= 4 is 5.82 Å². The standard InChI is InChI=1S/C16H15F4N3O/c17-11-3-1-10(2-4-11)15(6-7-15)9-24-12-5-8-22-14(23-21)13(12)16(18,19)20/h1-5,8H,6-7,9,21H2,(H,22,23). The Balaban J connectivity index is 1.84. The molecule has 0 unspecified atom stereocenters. The van der Waals surface area contributed by atoms with Crippen molar-refractivity contribution < 1.29 is 22.3 Å². The Morgan fingerprint density at radius 3 is 2.38 bits per heavy atom. The Bertz CT molecular complexity index is 727. The molecule has 1 fully saturated rings. The van der Waals surface area contributed by atoms with E-state index in [4.69, 9.17) is 10.6 Å². The van der Waals surface area contributed by atoms with Gasteiger partial charge in [0.15, 0.2) is 5.82 Å². The lowest BCUT2D eigenvalue weighted by Gasteiger charge is -2.20. The highest BCUT2D eigenvalue weighted by Crippen LogP contribution is 2.49. The van der Waals surface area contributed by atoms with Crippen molar-refractivity contribution in [2.75, 3.05) is 12.0 Å². The highest BCUT2D eigenvalue weighted by atomic mass is 19.4. The number of pyridine rings is 1. The molecule has 1 heterocycles. The van der Waals surface area contributed by atoms with Gasteiger partial charge in [-0.05, 0) is 36.6 Å². The number of hydrazine groups is 1. The lowest BCUT2D eigenvalue weighted by atomic mass is 9.97. The van der Waals surface area contributed by atoms with Crippen molar-refractivity contribution in [1.82, 2.24) is 4.98 Å². The van der Waals surface area contributed by atoms with Crippen LogP contribution in [-0.2, 0) is 11.6 Å². The van der Waals surface area contributed by atoms with Gasteiger partial charge in [-0.15, -0.1) is 0 Å². The molecule has 3 N–H and O–H groups in total. The average molecular weight is 341 g/mol. The number of ether oxygens (including phenoxy) is 1. The van der Waals surface area contributed by atoms with Gasteiger partial charge in [-0.1, -0.05) is 12.1 Å². The Morgan fingerprint density at radius 1 is 1.17 bits per heavy atom. The van der Waals surface area contributed by atoms with E-state index in [1.807, 2.05) is 5.43 Å². The molecule has 0 spiro atoms. The highest BCUT2D eigenvalue weighted by molar-refractivity contribution is 5.53. The van der Waals surface area contributed by atoms with Crippen LogP contribution >= 0.6 is 0 Å². The van der Waals surface area contributed by atoms with Crippen molar-refractivity contribution in [3.8, 4) is 5.75 Å². The maximum absolute atomic E-state index is 13.2. The monoisotopic (exact) mass is 341 g/mol. The van der Waals surface area contributed by atoms with Crippen LogP contribution in [0.3, 0.4) is 0 Å². The highest BCUT2D eigenvalue weighted by Gasteiger charge is 2.46. The molecule has 1 saturated carbocycles. The number of benzene rings is 1. The van der Waals surface area contributed by atoms with E-state index in [1.165, 1.54) is 18.3 Å². The number of hydrogen-bond acceptors (Lipinski definition) is 4. The molecule has 0 radical (unpaired) electrons. The fourth-order valence-corrected chi connectivity index (χ4v) is 2.63. The van der Waals surface area contributed by atoms with Gasteiger partial charge in [0, 0.05) is 11.6 Å². The quantitative estimate of drug-likeness (QED) is 0.495. The first-order valence-electron chi connectivity index (χ1n) is 7.27. The molecule has 8 heteroatoms. The second-order valence-electron chi connectivity index (χ2n) is 5.75. The number of nitrogens with two attached hydrogens (primary N) is 1. The van der Waals surface area contributed by atoms with Crippen LogP contribution in [0.1, 0.15) is 24.0 Å². The molecule has 1 aliphatic carbocycles. The molecule has 0 saturated heterocycles. The summed E-state index contributed by atoms with van der Waals surface area (Å²) in [6.45, 7) is 0.0652. The molecule has 1 aromatic heterocycles. The zero-order valence-electron chi connectivity index (χ0n) is 12.5. The first kappa shape index (κ1) is 16.5. The van der Waals surface area contributed by atoms with Gasteiger partial charge in [-0.25, -0.2) is 15.2 Å². The lowest BCUT2D eigenvalue weighted by molar-refractivity contribution is -0.138. The Morgan fingerprint density at radius 2 is 1.83 bits per heavy atom. The van der Waals surface area contributed by atoms with Crippen LogP contribution in [0.25, 0.3) is 0 Å². The van der Waals surface area contributed by atoms with Crippen molar-refractivity contribution in [2.45, 2.75) is 24.4 Å². The summed E-state index contributed by atoms with van der Waals surface area (Å²) in [6.07, 6.45) is -1.92. The van der Waals surface area contributed by atoms with Gasteiger partial charge in [0.2, 0.25) is 0 Å². The van der Waals surface area contributed by atoms with Crippen LogP contribution in [0.4, 0.5) is 23.4 Å². The van der Waals surface area contributed by atoms with Crippen molar-refractivity contribution in [2.24, 2.45) is 5.84 Å². The maximum Gasteiger partial charge on any atom is 0.423 e. The molecule has 128 valence electrons. The van der Waals surface area contributed by atoms with E-state index >= 15 is 0 Å². The molecule has 1 aliphatic rings. The maximum atomic E-state index is 13.2. The SMILES string of the molecule is NNc1nccc(OCC2(c3ccc(F)cc3)CC2)c1C(F)(F)F. The van der Waals surface area contributed by atoms with Crippen molar-refractivity contribution in [3.63, 3.8) is 0 Å². The Kier molecular flexibility index (Phi) is 4.08. The minimum Gasteiger partial charge on any atom is -0.492 e. The summed E-state index contributed by atoms with van der Waals surface area (Å²) in [4.78, 5) is 3.57. The third kappa shape index (κ3) is 3.14. The normalized spacial score (nSPS) is 15.9. The van der Waals surface area contributed by atoms with E-state index in [-0.39, 0.29) is 23.6 Å². The number of nitrogen functional groups attached to an aromatic ring is 1. The summed E-state index contributed by atoms with van der Waals surface area (Å²) in [7, 11) is 0. The largest absolute Gasteiger partial charge is 0.492 e. The van der Waals surface area contributed by atoms with E-state index in [2.05, 4.69) is 4.98 Å². The number of hydrogen-bond donors (Lipinski definition) is 2. The van der Waals surface area contributed by atoms with Crippen molar-refractivity contribution in [3.05, 3.63) is 53.5 Å². The fraction of sp³-hybridized carbons (Fsp3) is 0.312. The van der Waals surface area contributed by atoms with Gasteiger partial charge in [-0.3, -0.25) is 0 Å². The summed E-state index contributed by atoms with van der Waals surface area (Å²) in [5, 5.41) is 0. The van der Waals surface area contributed by atoms with E-state index < -0.39 is 17.6 Å². The summed E-state index contributed by atoms with van der Waals surface area (Å²) >= 11 is 0. The van der Waals surface area contributed by atoms with Crippen LogP contribution in [0.5, 0.6) is 5.75 Å². The number of rotatable bonds is 5. The summed E-state index contributed by atoms with van der Waals surface area (Å²) < 4.78 is 58.2. The average Bonchev–Trinajstić information content (AvgIpc) is 3.33. The van der Waals surface area contributed by atoms with Gasteiger partial charge in [0.25, 0.3) is 0 Å². The Hall–Kier alpha value is -2.35. The molecule has 0 aliphatic heterocycles. The van der Waals surface area contributed by atoms with Crippen LogP contribution in [0.2, 0.25) is 0 Å². The van der Waals surface area contributed by atoms with Gasteiger partial charge < -0.3 is 10.2 Å². The molecule has 0 atom stereocenters. The molecule has 0 bridgehead atoms. The number of nitrogens with zero attached hydrogens (tertiary/aromatic N) is 1. The van der Waals surface area contributed by atoms with Gasteiger partial charge in [0.05, 0.1) is 6.61 Å². The molecular formula is C16H15F4N3O. The molecule has 0 amide bonds. The van der Waals surface area contributed by atoms with E-state index in [9.17, 15) is 17.6 Å². The lowest BCUT2D eigenvalue weighted by Crippen LogP contribution is -2.21. The predicted octanol–water partition coefficient (Wildman–Crippen LogP) is 3.64. The molecule has 2 aromatic rings. The second-order valence-corrected chi connectivity index (χ2v) is 5.75. The first-order valence-corrected chi connectivity index (χ1v) is 7.27. The minimum absolute atomic E-state index is 0.0652. The van der Waals surface area contributed by atoms with Gasteiger partial charge in [0.1, 0.15) is 17.1 Å². The smallest absolute Gasteiger partial charge is 0.423 e. The topological polar surface area (TPSA) is 60.2 Å². The van der Waals surface area contributed by atoms with Crippen molar-refractivity contribution in [1.29, 1.82) is 0 Å². The zero-order valence-corrected chi connectivity index (χ0v) is 12.5. The van der Waals surface area contributed by atoms with E-state index in [0.717, 1.165) is 24.5 Å². The minimum atomic E-state index is -4.65. The van der Waals surface area contributed by atoms with Crippen LogP contribution in [0, 0.1) is 5.82 Å². The summed E-state index contributed by atoms with van der Waals surface area (Å²) in [5.41, 5.74) is 1.37. The van der Waals surface area contributed by atoms with Gasteiger partial charge in [-0.2, -0.15) is 13.2 Å². The van der Waals surface area contributed by atoms with E-state index in [1.54, 1.807) is 12.1 Å². The second kappa shape index (κ2) is 5.94. The number of halogens is 4. The molecule has 3 rings (SSSR count). The third-order valence-electron chi connectivity index (χ3n) is 4.15. The Labute approximate surface area is 135 Å². The van der Waals surface area contributed by atoms with Gasteiger partial charge >= 0.3 is 6.18 Å². The molecule has 4 nitrogen and oxygen atoms in total. The van der Waals surface area contributed by atoms with Crippen LogP contribution < -0.4 is 16.0 Å². The number of aromatic nitrogens is 1. The molecular weight excluding hydrogens is 326 g/mol. The predicted molar refractivity (Wildman–Crippen MR) is 79.9 cm³/mol. The van der Waals surface area contributed by atoms with Crippen LogP contribution in [-0.4, -0.2) is 11.6 Å². The molecule has 1 aromatic carbocycles. The third-order valence-corrected chi connectivity index (χ3v) is 4.15. The van der Waals surface area contributed by atoms with E-state index in [0.29, 0.717) is 0 Å². The summed E-state index contributed by atoms with van der Waals surface area (Å²) in [6, 6.07) is 7.09. The van der Waals surface area contributed by atoms with Crippen LogP contribution in [0.15, 0.2) is 36.5 Å².